The van der Waals surface area contributed by atoms with Crippen LogP contribution in [0.25, 0.3) is 0 Å². The molecule has 2 aromatic carbocycles. The second-order valence-corrected chi connectivity index (χ2v) is 11.1. The topological polar surface area (TPSA) is 69.7 Å². The van der Waals surface area contributed by atoms with Gasteiger partial charge in [0.2, 0.25) is 15.9 Å². The Kier molecular flexibility index (Phi) is 9.18. The Morgan fingerprint density at radius 1 is 1.06 bits per heavy atom. The van der Waals surface area contributed by atoms with Gasteiger partial charge in [0.15, 0.2) is 0 Å². The summed E-state index contributed by atoms with van der Waals surface area (Å²) in [6.45, 7) is 5.80. The summed E-state index contributed by atoms with van der Waals surface area (Å²) in [4.78, 5) is 14.8. The molecule has 1 saturated heterocycles. The second-order valence-electron chi connectivity index (χ2n) is 8.75. The normalized spacial score (nSPS) is 14.8. The second kappa shape index (κ2) is 11.9. The van der Waals surface area contributed by atoms with E-state index >= 15 is 0 Å². The fourth-order valence-electron chi connectivity index (χ4n) is 4.14. The number of sulfonamides is 1. The first-order valence-corrected chi connectivity index (χ1v) is 13.8. The number of carbonyl (C=O) groups excluding carboxylic acids is 1. The van der Waals surface area contributed by atoms with E-state index in [4.69, 9.17) is 11.6 Å². The van der Waals surface area contributed by atoms with Gasteiger partial charge in [-0.15, -0.1) is 0 Å². The summed E-state index contributed by atoms with van der Waals surface area (Å²) in [5.74, 6) is -0.0938. The predicted octanol–water partition coefficient (Wildman–Crippen LogP) is 4.50. The van der Waals surface area contributed by atoms with Crippen LogP contribution in [0.4, 0.5) is 5.69 Å². The van der Waals surface area contributed by atoms with Crippen molar-refractivity contribution in [2.24, 2.45) is 0 Å². The lowest BCUT2D eigenvalue weighted by Gasteiger charge is -2.26. The average Bonchev–Trinajstić information content (AvgIpc) is 2.78. The van der Waals surface area contributed by atoms with E-state index in [0.29, 0.717) is 29.2 Å². The summed E-state index contributed by atoms with van der Waals surface area (Å²) in [6, 6.07) is 13.6. The fourth-order valence-corrected chi connectivity index (χ4v) is 5.33. The number of piperidine rings is 1. The number of hydrogen-bond donors (Lipinski definition) is 1. The number of nitrogens with one attached hydrogen (secondary N) is 1. The molecular weight excluding hydrogens is 458 g/mol. The number of halogens is 1. The van der Waals surface area contributed by atoms with Crippen LogP contribution >= 0.6 is 11.6 Å². The van der Waals surface area contributed by atoms with E-state index in [2.05, 4.69) is 34.5 Å². The van der Waals surface area contributed by atoms with Gasteiger partial charge < -0.3 is 5.32 Å². The summed E-state index contributed by atoms with van der Waals surface area (Å²) in [7, 11) is -3.49. The first kappa shape index (κ1) is 25.5. The summed E-state index contributed by atoms with van der Waals surface area (Å²) < 4.78 is 26.0. The van der Waals surface area contributed by atoms with Crippen LogP contribution in [0.5, 0.6) is 0 Å². The molecule has 0 unspecified atom stereocenters. The maximum atomic E-state index is 12.3. The molecular formula is C25H34ClN3O3S. The molecule has 0 spiro atoms. The quantitative estimate of drug-likeness (QED) is 0.531. The molecule has 33 heavy (non-hydrogen) atoms. The molecule has 1 fully saturated rings. The largest absolute Gasteiger partial charge is 0.352 e. The predicted molar refractivity (Wildman–Crippen MR) is 135 cm³/mol. The van der Waals surface area contributed by atoms with Crippen molar-refractivity contribution in [2.75, 3.05) is 30.2 Å². The molecule has 0 bridgehead atoms. The van der Waals surface area contributed by atoms with Gasteiger partial charge in [0.1, 0.15) is 0 Å². The molecule has 1 aliphatic heterocycles. The van der Waals surface area contributed by atoms with Gasteiger partial charge in [0.05, 0.1) is 11.9 Å². The molecule has 0 aromatic heterocycles. The number of carbonyl (C=O) groups is 1. The molecule has 1 amide bonds. The monoisotopic (exact) mass is 491 g/mol. The van der Waals surface area contributed by atoms with Gasteiger partial charge in [-0.05, 0) is 68.1 Å². The summed E-state index contributed by atoms with van der Waals surface area (Å²) in [5.41, 5.74) is 3.61. The molecule has 0 radical (unpaired) electrons. The Hall–Kier alpha value is -2.09. The maximum Gasteiger partial charge on any atom is 0.232 e. The number of nitrogens with zero attached hydrogens (tertiary/aromatic N) is 2. The van der Waals surface area contributed by atoms with E-state index in [-0.39, 0.29) is 18.9 Å². The standard InChI is InChI=1S/C25H34ClN3O3S/c1-20-23(26)8-6-9-24(20)29(33(2,31)32)17-7-10-25(30)27-18-21-11-13-22(14-12-21)19-28-15-4-3-5-16-28/h6,8-9,11-14H,3-5,7,10,15-19H2,1-2H3,(H,27,30). The lowest BCUT2D eigenvalue weighted by atomic mass is 10.1. The van der Waals surface area contributed by atoms with E-state index in [1.54, 1.807) is 25.1 Å². The lowest BCUT2D eigenvalue weighted by molar-refractivity contribution is -0.121. The summed E-state index contributed by atoms with van der Waals surface area (Å²) in [6.07, 6.45) is 5.73. The summed E-state index contributed by atoms with van der Waals surface area (Å²) in [5, 5.41) is 3.45. The molecule has 1 N–H and O–H groups in total. The Morgan fingerprint density at radius 3 is 2.39 bits per heavy atom. The molecule has 1 aliphatic rings. The van der Waals surface area contributed by atoms with E-state index in [1.807, 2.05) is 0 Å². The highest BCUT2D eigenvalue weighted by molar-refractivity contribution is 7.92. The van der Waals surface area contributed by atoms with E-state index < -0.39 is 10.0 Å². The molecule has 180 valence electrons. The zero-order valence-corrected chi connectivity index (χ0v) is 21.1. The van der Waals surface area contributed by atoms with Gasteiger partial charge in [-0.2, -0.15) is 0 Å². The SMILES string of the molecule is Cc1c(Cl)cccc1N(CCCC(=O)NCc1ccc(CN2CCCCC2)cc1)S(C)(=O)=O. The molecule has 0 saturated carbocycles. The van der Waals surface area contributed by atoms with Crippen LogP contribution in [0.1, 0.15) is 48.8 Å². The number of rotatable bonds is 10. The Balaban J connectivity index is 1.46. The van der Waals surface area contributed by atoms with E-state index in [1.165, 1.54) is 48.5 Å². The third-order valence-electron chi connectivity index (χ3n) is 6.04. The lowest BCUT2D eigenvalue weighted by Crippen LogP contribution is -2.32. The minimum absolute atomic E-state index is 0.0938. The highest BCUT2D eigenvalue weighted by atomic mass is 35.5. The Bertz CT molecular complexity index is 1040. The third kappa shape index (κ3) is 7.73. The van der Waals surface area contributed by atoms with Gasteiger partial charge in [-0.3, -0.25) is 14.0 Å². The van der Waals surface area contributed by atoms with Crippen molar-refractivity contribution < 1.29 is 13.2 Å². The molecule has 0 aliphatic carbocycles. The van der Waals surface area contributed by atoms with Crippen LogP contribution in [0.15, 0.2) is 42.5 Å². The number of benzene rings is 2. The van der Waals surface area contributed by atoms with Crippen LogP contribution in [0, 0.1) is 6.92 Å². The van der Waals surface area contributed by atoms with E-state index in [9.17, 15) is 13.2 Å². The number of anilines is 1. The molecule has 6 nitrogen and oxygen atoms in total. The minimum atomic E-state index is -3.49. The van der Waals surface area contributed by atoms with Crippen molar-refractivity contribution in [3.63, 3.8) is 0 Å². The molecule has 2 aromatic rings. The van der Waals surface area contributed by atoms with Gasteiger partial charge >= 0.3 is 0 Å². The Morgan fingerprint density at radius 2 is 1.73 bits per heavy atom. The van der Waals surface area contributed by atoms with Crippen LogP contribution in [-0.2, 0) is 27.9 Å². The van der Waals surface area contributed by atoms with Crippen molar-refractivity contribution >= 4 is 33.2 Å². The maximum absolute atomic E-state index is 12.3. The molecule has 3 rings (SSSR count). The van der Waals surface area contributed by atoms with Crippen LogP contribution in [0.2, 0.25) is 5.02 Å². The van der Waals surface area contributed by atoms with Crippen molar-refractivity contribution in [3.05, 3.63) is 64.2 Å². The average molecular weight is 492 g/mol. The summed E-state index contributed by atoms with van der Waals surface area (Å²) >= 11 is 6.16. The van der Waals surface area contributed by atoms with Gasteiger partial charge in [-0.25, -0.2) is 8.42 Å². The van der Waals surface area contributed by atoms with Crippen molar-refractivity contribution in [1.29, 1.82) is 0 Å². The minimum Gasteiger partial charge on any atom is -0.352 e. The Labute approximate surface area is 203 Å². The molecule has 0 atom stereocenters. The first-order chi connectivity index (χ1) is 15.7. The van der Waals surface area contributed by atoms with Crippen LogP contribution < -0.4 is 9.62 Å². The number of amides is 1. The van der Waals surface area contributed by atoms with Crippen molar-refractivity contribution in [1.82, 2.24) is 10.2 Å². The zero-order chi connectivity index (χ0) is 23.8. The van der Waals surface area contributed by atoms with Gasteiger partial charge in [0, 0.05) is 31.1 Å². The number of likely N-dealkylation sites (tertiary alicyclic amines) is 1. The molecule has 8 heteroatoms. The van der Waals surface area contributed by atoms with Gasteiger partial charge in [0.25, 0.3) is 0 Å². The van der Waals surface area contributed by atoms with E-state index in [0.717, 1.165) is 12.1 Å². The first-order valence-electron chi connectivity index (χ1n) is 11.5. The number of hydrogen-bond acceptors (Lipinski definition) is 4. The van der Waals surface area contributed by atoms with Crippen molar-refractivity contribution in [3.8, 4) is 0 Å². The molecule has 1 heterocycles. The van der Waals surface area contributed by atoms with Crippen molar-refractivity contribution in [2.45, 2.75) is 52.1 Å². The van der Waals surface area contributed by atoms with Crippen LogP contribution in [0.3, 0.4) is 0 Å². The smallest absolute Gasteiger partial charge is 0.232 e. The zero-order valence-electron chi connectivity index (χ0n) is 19.5. The van der Waals surface area contributed by atoms with Crippen LogP contribution in [-0.4, -0.2) is 45.1 Å². The fraction of sp³-hybridized carbons (Fsp3) is 0.480. The highest BCUT2D eigenvalue weighted by Crippen LogP contribution is 2.28. The third-order valence-corrected chi connectivity index (χ3v) is 7.63. The van der Waals surface area contributed by atoms with Gasteiger partial charge in [-0.1, -0.05) is 48.4 Å². The highest BCUT2D eigenvalue weighted by Gasteiger charge is 2.20.